The van der Waals surface area contributed by atoms with Crippen molar-refractivity contribution in [2.45, 2.75) is 57.9 Å². The zero-order valence-electron chi connectivity index (χ0n) is 18.9. The van der Waals surface area contributed by atoms with Gasteiger partial charge in [0.15, 0.2) is 0 Å². The topological polar surface area (TPSA) is 49.4 Å². The molecule has 0 radical (unpaired) electrons. The van der Waals surface area contributed by atoms with Crippen molar-refractivity contribution in [2.24, 2.45) is 0 Å². The first-order valence-corrected chi connectivity index (χ1v) is 12.9. The van der Waals surface area contributed by atoms with Gasteiger partial charge >= 0.3 is 0 Å². The maximum atomic E-state index is 13.2. The first-order chi connectivity index (χ1) is 15.3. The lowest BCUT2D eigenvalue weighted by atomic mass is 10.1. The maximum absolute atomic E-state index is 13.2. The molecule has 0 aromatic heterocycles. The molecule has 0 fully saturated rings. The molecule has 0 aliphatic carbocycles. The first kappa shape index (κ1) is 26.6. The lowest BCUT2D eigenvalue weighted by Gasteiger charge is -2.31. The van der Waals surface area contributed by atoms with Gasteiger partial charge in [0, 0.05) is 28.4 Å². The summed E-state index contributed by atoms with van der Waals surface area (Å²) in [6, 6.07) is 15.0. The number of carbonyl (C=O) groups is 2. The molecule has 4 nitrogen and oxygen atoms in total. The molecule has 2 amide bonds. The molecule has 2 atom stereocenters. The van der Waals surface area contributed by atoms with Crippen LogP contribution in [0.5, 0.6) is 0 Å². The molecule has 0 aliphatic heterocycles. The lowest BCUT2D eigenvalue weighted by Crippen LogP contribution is -2.52. The van der Waals surface area contributed by atoms with Crippen LogP contribution in [0.2, 0.25) is 10.0 Å². The van der Waals surface area contributed by atoms with E-state index in [4.69, 9.17) is 23.2 Å². The van der Waals surface area contributed by atoms with E-state index in [1.807, 2.05) is 57.2 Å². The number of hydrogen-bond donors (Lipinski definition) is 1. The van der Waals surface area contributed by atoms with E-state index < -0.39 is 6.04 Å². The van der Waals surface area contributed by atoms with Crippen molar-refractivity contribution in [2.75, 3.05) is 12.3 Å². The van der Waals surface area contributed by atoms with Crippen LogP contribution in [-0.4, -0.2) is 41.1 Å². The van der Waals surface area contributed by atoms with Gasteiger partial charge in [-0.1, -0.05) is 73.4 Å². The average Bonchev–Trinajstić information content (AvgIpc) is 2.78. The summed E-state index contributed by atoms with van der Waals surface area (Å²) < 4.78 is 0. The van der Waals surface area contributed by atoms with Gasteiger partial charge in [0.1, 0.15) is 6.04 Å². The Hall–Kier alpha value is -1.69. The molecule has 32 heavy (non-hydrogen) atoms. The Bertz CT molecular complexity index is 880. The number of benzene rings is 2. The van der Waals surface area contributed by atoms with Gasteiger partial charge in [-0.05, 0) is 49.4 Å². The molecule has 2 unspecified atom stereocenters. The predicted molar refractivity (Wildman–Crippen MR) is 136 cm³/mol. The zero-order valence-corrected chi connectivity index (χ0v) is 21.3. The molecular weight excluding hydrogens is 463 g/mol. The number of nitrogens with zero attached hydrogens (tertiary/aromatic N) is 1. The number of nitrogens with one attached hydrogen (secondary N) is 1. The Labute approximate surface area is 206 Å². The SMILES string of the molecule is CCC(C)NC(=O)C(CC)N(CCc1ccccc1)C(=O)CSCc1ccc(Cl)cc1Cl. The summed E-state index contributed by atoms with van der Waals surface area (Å²) in [5.41, 5.74) is 2.08. The average molecular weight is 496 g/mol. The van der Waals surface area contributed by atoms with Gasteiger partial charge in [0.25, 0.3) is 0 Å². The van der Waals surface area contributed by atoms with Crippen LogP contribution in [0.25, 0.3) is 0 Å². The Morgan fingerprint density at radius 1 is 1.06 bits per heavy atom. The summed E-state index contributed by atoms with van der Waals surface area (Å²) in [7, 11) is 0. The number of rotatable bonds is 12. The Balaban J connectivity index is 2.08. The number of amides is 2. The Kier molecular flexibility index (Phi) is 11.4. The fraction of sp³-hybridized carbons (Fsp3) is 0.440. The summed E-state index contributed by atoms with van der Waals surface area (Å²) in [5, 5.41) is 4.22. The smallest absolute Gasteiger partial charge is 0.243 e. The van der Waals surface area contributed by atoms with Crippen LogP contribution in [0.4, 0.5) is 0 Å². The summed E-state index contributed by atoms with van der Waals surface area (Å²) in [6.45, 7) is 6.46. The molecule has 0 saturated carbocycles. The highest BCUT2D eigenvalue weighted by molar-refractivity contribution is 7.99. The van der Waals surface area contributed by atoms with E-state index in [0.717, 1.165) is 17.5 Å². The Morgan fingerprint density at radius 3 is 2.41 bits per heavy atom. The molecule has 7 heteroatoms. The molecule has 0 heterocycles. The van der Waals surface area contributed by atoms with E-state index in [1.54, 1.807) is 17.0 Å². The van der Waals surface area contributed by atoms with Gasteiger partial charge in [-0.15, -0.1) is 11.8 Å². The molecule has 2 rings (SSSR count). The minimum absolute atomic E-state index is 0.0397. The van der Waals surface area contributed by atoms with E-state index in [0.29, 0.717) is 35.2 Å². The van der Waals surface area contributed by atoms with Gasteiger partial charge in [0.2, 0.25) is 11.8 Å². The number of carbonyl (C=O) groups excluding carboxylic acids is 2. The molecule has 0 aliphatic rings. The lowest BCUT2D eigenvalue weighted by molar-refractivity contribution is -0.139. The molecule has 174 valence electrons. The molecule has 0 bridgehead atoms. The largest absolute Gasteiger partial charge is 0.352 e. The highest BCUT2D eigenvalue weighted by Crippen LogP contribution is 2.25. The standard InChI is InChI=1S/C25H32Cl2N2O2S/c1-4-18(3)28-25(31)23(5-2)29(14-13-19-9-7-6-8-10-19)24(30)17-32-16-20-11-12-21(26)15-22(20)27/h6-12,15,18,23H,4-5,13-14,16-17H2,1-3H3,(H,28,31). The molecule has 0 saturated heterocycles. The highest BCUT2D eigenvalue weighted by Gasteiger charge is 2.28. The summed E-state index contributed by atoms with van der Waals surface area (Å²) in [6.07, 6.45) is 2.11. The fourth-order valence-corrected chi connectivity index (χ4v) is 4.78. The van der Waals surface area contributed by atoms with Crippen LogP contribution < -0.4 is 5.32 Å². The molecule has 2 aromatic carbocycles. The van der Waals surface area contributed by atoms with Crippen molar-refractivity contribution in [1.29, 1.82) is 0 Å². The maximum Gasteiger partial charge on any atom is 0.243 e. The van der Waals surface area contributed by atoms with Gasteiger partial charge in [-0.2, -0.15) is 0 Å². The van der Waals surface area contributed by atoms with Crippen LogP contribution in [0.3, 0.4) is 0 Å². The van der Waals surface area contributed by atoms with Crippen LogP contribution in [0.15, 0.2) is 48.5 Å². The third-order valence-corrected chi connectivity index (χ3v) is 6.92. The van der Waals surface area contributed by atoms with Crippen molar-refractivity contribution in [1.82, 2.24) is 10.2 Å². The van der Waals surface area contributed by atoms with E-state index in [1.165, 1.54) is 11.8 Å². The molecule has 0 spiro atoms. The van der Waals surface area contributed by atoms with Gasteiger partial charge in [-0.25, -0.2) is 0 Å². The molecular formula is C25H32Cl2N2O2S. The first-order valence-electron chi connectivity index (χ1n) is 11.0. The third kappa shape index (κ3) is 8.34. The van der Waals surface area contributed by atoms with Crippen LogP contribution in [0.1, 0.15) is 44.7 Å². The van der Waals surface area contributed by atoms with Crippen LogP contribution in [-0.2, 0) is 21.8 Å². The normalized spacial score (nSPS) is 12.8. The predicted octanol–water partition coefficient (Wildman–Crippen LogP) is 5.99. The number of thioether (sulfide) groups is 1. The monoisotopic (exact) mass is 494 g/mol. The second-order valence-electron chi connectivity index (χ2n) is 7.79. The quantitative estimate of drug-likeness (QED) is 0.394. The fourth-order valence-electron chi connectivity index (χ4n) is 3.31. The van der Waals surface area contributed by atoms with Crippen molar-refractivity contribution >= 4 is 46.8 Å². The van der Waals surface area contributed by atoms with Gasteiger partial charge < -0.3 is 10.2 Å². The summed E-state index contributed by atoms with van der Waals surface area (Å²) in [5.74, 6) is 0.751. The second kappa shape index (κ2) is 13.8. The van der Waals surface area contributed by atoms with Crippen molar-refractivity contribution in [3.8, 4) is 0 Å². The highest BCUT2D eigenvalue weighted by atomic mass is 35.5. The van der Waals surface area contributed by atoms with Gasteiger partial charge in [0.05, 0.1) is 5.75 Å². The van der Waals surface area contributed by atoms with Crippen molar-refractivity contribution < 1.29 is 9.59 Å². The summed E-state index contributed by atoms with van der Waals surface area (Å²) in [4.78, 5) is 27.9. The molecule has 2 aromatic rings. The van der Waals surface area contributed by atoms with E-state index >= 15 is 0 Å². The van der Waals surface area contributed by atoms with Gasteiger partial charge in [-0.3, -0.25) is 9.59 Å². The van der Waals surface area contributed by atoms with E-state index in [2.05, 4.69) is 5.32 Å². The Morgan fingerprint density at radius 2 is 1.78 bits per heavy atom. The van der Waals surface area contributed by atoms with E-state index in [-0.39, 0.29) is 23.6 Å². The van der Waals surface area contributed by atoms with E-state index in [9.17, 15) is 9.59 Å². The minimum Gasteiger partial charge on any atom is -0.352 e. The zero-order chi connectivity index (χ0) is 23.5. The third-order valence-electron chi connectivity index (χ3n) is 5.37. The number of hydrogen-bond acceptors (Lipinski definition) is 3. The van der Waals surface area contributed by atoms with Crippen molar-refractivity contribution in [3.05, 3.63) is 69.7 Å². The van der Waals surface area contributed by atoms with Crippen molar-refractivity contribution in [3.63, 3.8) is 0 Å². The summed E-state index contributed by atoms with van der Waals surface area (Å²) >= 11 is 13.7. The molecule has 1 N–H and O–H groups in total. The second-order valence-corrected chi connectivity index (χ2v) is 9.62. The van der Waals surface area contributed by atoms with Crippen LogP contribution in [0, 0.1) is 0 Å². The minimum atomic E-state index is -0.486. The van der Waals surface area contributed by atoms with Crippen LogP contribution >= 0.6 is 35.0 Å². The number of halogens is 2.